The Morgan fingerprint density at radius 3 is 2.31 bits per heavy atom. The Morgan fingerprint density at radius 1 is 1.00 bits per heavy atom. The second-order valence-electron chi connectivity index (χ2n) is 8.65. The number of hydrogen-bond acceptors (Lipinski definition) is 4. The summed E-state index contributed by atoms with van der Waals surface area (Å²) < 4.78 is 3.45. The van der Waals surface area contributed by atoms with E-state index >= 15 is 0 Å². The van der Waals surface area contributed by atoms with Gasteiger partial charge in [0.1, 0.15) is 0 Å². The molecular weight excluding hydrogens is 404 g/mol. The highest BCUT2D eigenvalue weighted by Gasteiger charge is 2.27. The smallest absolute Gasteiger partial charge is 0.257 e. The molecule has 4 aromatic rings. The first-order chi connectivity index (χ1) is 15.5. The molecular formula is C24H26N6O2. The van der Waals surface area contributed by atoms with E-state index in [-0.39, 0.29) is 17.7 Å². The quantitative estimate of drug-likeness (QED) is 0.540. The van der Waals surface area contributed by atoms with Crippen LogP contribution in [0.5, 0.6) is 0 Å². The summed E-state index contributed by atoms with van der Waals surface area (Å²) in [6.45, 7) is 5.87. The number of nitrogens with one attached hydrogen (secondary N) is 1. The van der Waals surface area contributed by atoms with Gasteiger partial charge in [-0.2, -0.15) is 10.2 Å². The van der Waals surface area contributed by atoms with Crippen molar-refractivity contribution in [3.63, 3.8) is 0 Å². The van der Waals surface area contributed by atoms with Gasteiger partial charge in [0.2, 0.25) is 0 Å². The van der Waals surface area contributed by atoms with Crippen LogP contribution in [-0.4, -0.2) is 55.6 Å². The summed E-state index contributed by atoms with van der Waals surface area (Å²) in [6, 6.07) is 7.88. The van der Waals surface area contributed by atoms with Crippen LogP contribution in [0.4, 0.5) is 0 Å². The van der Waals surface area contributed by atoms with Crippen molar-refractivity contribution in [2.24, 2.45) is 5.92 Å². The molecule has 1 fully saturated rings. The summed E-state index contributed by atoms with van der Waals surface area (Å²) in [6.07, 6.45) is 8.88. The number of amides is 2. The van der Waals surface area contributed by atoms with Crippen LogP contribution in [0, 0.1) is 19.8 Å². The van der Waals surface area contributed by atoms with E-state index in [1.54, 1.807) is 21.4 Å². The van der Waals surface area contributed by atoms with Crippen LogP contribution in [0.2, 0.25) is 0 Å². The van der Waals surface area contributed by atoms with Gasteiger partial charge in [0.05, 0.1) is 34.6 Å². The van der Waals surface area contributed by atoms with E-state index in [1.165, 1.54) is 0 Å². The Morgan fingerprint density at radius 2 is 1.62 bits per heavy atom. The number of carbonyl (C=O) groups is 2. The first kappa shape index (κ1) is 20.2. The Kier molecular flexibility index (Phi) is 5.13. The maximum atomic E-state index is 13.2. The number of likely N-dealkylation sites (tertiary alicyclic amines) is 1. The Hall–Kier alpha value is -3.68. The molecule has 5 rings (SSSR count). The van der Waals surface area contributed by atoms with Crippen LogP contribution in [0.1, 0.15) is 44.7 Å². The standard InChI is InChI=1S/C24H26N6O2/c1-16-5-8-29-21(10-16)19(13-26-29)23(31)25-12-18-4-3-7-28(15-18)24(32)20-14-27-30-9-6-17(2)11-22(20)30/h5-6,8-11,13-14,18H,3-4,7,12,15H2,1-2H3,(H,25,31)/t18-/m1/s1. The number of carbonyl (C=O) groups excluding carboxylic acids is 2. The normalized spacial score (nSPS) is 16.6. The minimum Gasteiger partial charge on any atom is -0.352 e. The third-order valence-corrected chi connectivity index (χ3v) is 6.19. The second kappa shape index (κ2) is 8.11. The van der Waals surface area contributed by atoms with Gasteiger partial charge in [-0.3, -0.25) is 9.59 Å². The SMILES string of the molecule is Cc1ccn2ncc(C(=O)NC[C@H]3CCCN(C(=O)c4cnn5ccc(C)cc45)C3)c2c1. The predicted molar refractivity (Wildman–Crippen MR) is 121 cm³/mol. The summed E-state index contributed by atoms with van der Waals surface area (Å²) in [7, 11) is 0. The Labute approximate surface area is 185 Å². The number of piperidine rings is 1. The summed E-state index contributed by atoms with van der Waals surface area (Å²) >= 11 is 0. The van der Waals surface area contributed by atoms with E-state index in [2.05, 4.69) is 15.5 Å². The maximum absolute atomic E-state index is 13.2. The molecule has 0 spiro atoms. The number of pyridine rings is 2. The van der Waals surface area contributed by atoms with Crippen molar-refractivity contribution in [3.05, 3.63) is 71.3 Å². The minimum absolute atomic E-state index is 0.000250. The molecule has 8 heteroatoms. The number of fused-ring (bicyclic) bond motifs is 2. The molecule has 1 aliphatic rings. The van der Waals surface area contributed by atoms with Gasteiger partial charge in [-0.25, -0.2) is 9.03 Å². The lowest BCUT2D eigenvalue weighted by atomic mass is 9.97. The molecule has 5 heterocycles. The first-order valence-corrected chi connectivity index (χ1v) is 10.9. The monoisotopic (exact) mass is 430 g/mol. The molecule has 1 atom stereocenters. The lowest BCUT2D eigenvalue weighted by Gasteiger charge is -2.32. The molecule has 0 aromatic carbocycles. The van der Waals surface area contributed by atoms with Gasteiger partial charge in [0, 0.05) is 32.0 Å². The molecule has 4 aromatic heterocycles. The lowest BCUT2D eigenvalue weighted by Crippen LogP contribution is -2.43. The first-order valence-electron chi connectivity index (χ1n) is 10.9. The molecule has 0 saturated carbocycles. The summed E-state index contributed by atoms with van der Waals surface area (Å²) in [4.78, 5) is 27.9. The number of aryl methyl sites for hydroxylation is 2. The van der Waals surface area contributed by atoms with Crippen molar-refractivity contribution in [3.8, 4) is 0 Å². The van der Waals surface area contributed by atoms with Crippen molar-refractivity contribution in [1.82, 2.24) is 29.4 Å². The number of rotatable bonds is 4. The average Bonchev–Trinajstić information content (AvgIpc) is 3.40. The fourth-order valence-electron chi connectivity index (χ4n) is 4.43. The summed E-state index contributed by atoms with van der Waals surface area (Å²) in [5, 5.41) is 11.6. The fraction of sp³-hybridized carbons (Fsp3) is 0.333. The zero-order chi connectivity index (χ0) is 22.2. The maximum Gasteiger partial charge on any atom is 0.257 e. The lowest BCUT2D eigenvalue weighted by molar-refractivity contribution is 0.0673. The Bertz CT molecular complexity index is 1320. The van der Waals surface area contributed by atoms with Gasteiger partial charge >= 0.3 is 0 Å². The molecule has 32 heavy (non-hydrogen) atoms. The zero-order valence-corrected chi connectivity index (χ0v) is 18.3. The van der Waals surface area contributed by atoms with Crippen LogP contribution >= 0.6 is 0 Å². The summed E-state index contributed by atoms with van der Waals surface area (Å²) in [5.41, 5.74) is 4.99. The molecule has 0 radical (unpaired) electrons. The van der Waals surface area contributed by atoms with Crippen molar-refractivity contribution >= 4 is 22.8 Å². The average molecular weight is 431 g/mol. The number of aromatic nitrogens is 4. The van der Waals surface area contributed by atoms with E-state index in [0.717, 1.165) is 41.5 Å². The van der Waals surface area contributed by atoms with E-state index in [4.69, 9.17) is 0 Å². The number of nitrogens with zero attached hydrogens (tertiary/aromatic N) is 5. The van der Waals surface area contributed by atoms with Crippen molar-refractivity contribution < 1.29 is 9.59 Å². The topological polar surface area (TPSA) is 84.0 Å². The van der Waals surface area contributed by atoms with Gasteiger partial charge in [-0.05, 0) is 68.0 Å². The van der Waals surface area contributed by atoms with Crippen LogP contribution in [0.25, 0.3) is 11.0 Å². The molecule has 1 N–H and O–H groups in total. The van der Waals surface area contributed by atoms with Crippen molar-refractivity contribution in [2.75, 3.05) is 19.6 Å². The second-order valence-corrected chi connectivity index (χ2v) is 8.65. The molecule has 0 unspecified atom stereocenters. The third-order valence-electron chi connectivity index (χ3n) is 6.19. The van der Waals surface area contributed by atoms with Crippen molar-refractivity contribution in [2.45, 2.75) is 26.7 Å². The van der Waals surface area contributed by atoms with E-state index in [9.17, 15) is 9.59 Å². The molecule has 2 amide bonds. The third kappa shape index (κ3) is 3.72. The predicted octanol–water partition coefficient (Wildman–Crippen LogP) is 2.88. The number of hydrogen-bond donors (Lipinski definition) is 1. The minimum atomic E-state index is -0.132. The molecule has 8 nitrogen and oxygen atoms in total. The molecule has 164 valence electrons. The Balaban J connectivity index is 1.26. The van der Waals surface area contributed by atoms with Crippen LogP contribution in [0.3, 0.4) is 0 Å². The highest BCUT2D eigenvalue weighted by molar-refractivity contribution is 6.01. The molecule has 1 aliphatic heterocycles. The fourth-order valence-corrected chi connectivity index (χ4v) is 4.43. The highest BCUT2D eigenvalue weighted by atomic mass is 16.2. The largest absolute Gasteiger partial charge is 0.352 e. The molecule has 0 bridgehead atoms. The highest BCUT2D eigenvalue weighted by Crippen LogP contribution is 2.21. The van der Waals surface area contributed by atoms with Gasteiger partial charge in [-0.1, -0.05) is 0 Å². The van der Waals surface area contributed by atoms with Gasteiger partial charge in [0.15, 0.2) is 0 Å². The summed E-state index contributed by atoms with van der Waals surface area (Å²) in [5.74, 6) is 0.0793. The van der Waals surface area contributed by atoms with Crippen LogP contribution in [0.15, 0.2) is 49.1 Å². The van der Waals surface area contributed by atoms with Gasteiger partial charge in [0.25, 0.3) is 11.8 Å². The van der Waals surface area contributed by atoms with E-state index in [1.807, 2.05) is 55.4 Å². The van der Waals surface area contributed by atoms with Crippen LogP contribution in [-0.2, 0) is 0 Å². The molecule has 1 saturated heterocycles. The van der Waals surface area contributed by atoms with Gasteiger partial charge < -0.3 is 10.2 Å². The molecule has 0 aliphatic carbocycles. The van der Waals surface area contributed by atoms with Gasteiger partial charge in [-0.15, -0.1) is 0 Å². The zero-order valence-electron chi connectivity index (χ0n) is 18.3. The van der Waals surface area contributed by atoms with Crippen molar-refractivity contribution in [1.29, 1.82) is 0 Å². The van der Waals surface area contributed by atoms with Crippen LogP contribution < -0.4 is 5.32 Å². The van der Waals surface area contributed by atoms with E-state index in [0.29, 0.717) is 24.2 Å². The van der Waals surface area contributed by atoms with E-state index < -0.39 is 0 Å².